The molecule has 0 aliphatic heterocycles. The van der Waals surface area contributed by atoms with Crippen LogP contribution >= 0.6 is 11.3 Å². The number of nitrogens with zero attached hydrogens (tertiary/aromatic N) is 2. The molecule has 14 heavy (non-hydrogen) atoms. The molecule has 2 heterocycles. The van der Waals surface area contributed by atoms with Crippen LogP contribution in [0.1, 0.15) is 5.69 Å². The van der Waals surface area contributed by atoms with Gasteiger partial charge in [0.05, 0.1) is 22.8 Å². The van der Waals surface area contributed by atoms with E-state index in [2.05, 4.69) is 28.7 Å². The second-order valence-electron chi connectivity index (χ2n) is 3.16. The van der Waals surface area contributed by atoms with Crippen molar-refractivity contribution >= 4 is 11.3 Å². The van der Waals surface area contributed by atoms with Crippen LogP contribution in [0.25, 0.3) is 10.6 Å². The number of aryl methyl sites for hydroxylation is 1. The zero-order valence-electron chi connectivity index (χ0n) is 8.10. The largest absolute Gasteiger partial charge is 0.329 e. The molecule has 4 heteroatoms. The summed E-state index contributed by atoms with van der Waals surface area (Å²) in [6.07, 6.45) is 0. The van der Waals surface area contributed by atoms with E-state index in [-0.39, 0.29) is 0 Å². The molecule has 2 aromatic rings. The Bertz CT molecular complexity index is 403. The number of hydrogen-bond donors (Lipinski definition) is 1. The van der Waals surface area contributed by atoms with Crippen molar-refractivity contribution in [3.05, 3.63) is 29.3 Å². The molecule has 0 fully saturated rings. The molecule has 2 N–H and O–H groups in total. The van der Waals surface area contributed by atoms with E-state index in [9.17, 15) is 0 Å². The molecule has 0 amide bonds. The highest BCUT2D eigenvalue weighted by Gasteiger charge is 2.07. The number of rotatable bonds is 3. The van der Waals surface area contributed by atoms with E-state index < -0.39 is 0 Å². The Labute approximate surface area is 87.2 Å². The van der Waals surface area contributed by atoms with E-state index in [0.717, 1.165) is 12.2 Å². The lowest BCUT2D eigenvalue weighted by atomic mass is 10.3. The Hall–Kier alpha value is -1.13. The van der Waals surface area contributed by atoms with Gasteiger partial charge in [-0.3, -0.25) is 4.68 Å². The van der Waals surface area contributed by atoms with Crippen molar-refractivity contribution in [1.29, 1.82) is 0 Å². The molecule has 2 aromatic heterocycles. The minimum atomic E-state index is 0.624. The average molecular weight is 207 g/mol. The van der Waals surface area contributed by atoms with Gasteiger partial charge in [-0.25, -0.2) is 0 Å². The summed E-state index contributed by atoms with van der Waals surface area (Å²) in [7, 11) is 0. The normalized spacial score (nSPS) is 10.7. The summed E-state index contributed by atoms with van der Waals surface area (Å²) in [5.41, 5.74) is 7.75. The Balaban J connectivity index is 2.41. The third-order valence-electron chi connectivity index (χ3n) is 2.02. The first-order valence-electron chi connectivity index (χ1n) is 4.59. The van der Waals surface area contributed by atoms with E-state index >= 15 is 0 Å². The minimum absolute atomic E-state index is 0.624. The van der Waals surface area contributed by atoms with Gasteiger partial charge in [0.15, 0.2) is 0 Å². The molecular weight excluding hydrogens is 194 g/mol. The van der Waals surface area contributed by atoms with Crippen LogP contribution in [0.5, 0.6) is 0 Å². The summed E-state index contributed by atoms with van der Waals surface area (Å²) in [5.74, 6) is 0. The molecule has 0 unspecified atom stereocenters. The number of nitrogens with two attached hydrogens (primary N) is 1. The third kappa shape index (κ3) is 1.71. The lowest BCUT2D eigenvalue weighted by molar-refractivity contribution is 0.627. The monoisotopic (exact) mass is 207 g/mol. The van der Waals surface area contributed by atoms with Gasteiger partial charge in [0.2, 0.25) is 0 Å². The third-order valence-corrected chi connectivity index (χ3v) is 2.91. The van der Waals surface area contributed by atoms with Gasteiger partial charge in [-0.05, 0) is 24.4 Å². The molecule has 0 radical (unpaired) electrons. The minimum Gasteiger partial charge on any atom is -0.329 e. The standard InChI is InChI=1S/C10H13N3S/c1-8-7-9(10-3-2-6-14-10)13(12-8)5-4-11/h2-3,6-7H,4-5,11H2,1H3. The fourth-order valence-electron chi connectivity index (χ4n) is 1.46. The molecule has 3 nitrogen and oxygen atoms in total. The molecule has 0 spiro atoms. The highest BCUT2D eigenvalue weighted by molar-refractivity contribution is 7.13. The van der Waals surface area contributed by atoms with Gasteiger partial charge in [0.25, 0.3) is 0 Å². The van der Waals surface area contributed by atoms with Crippen molar-refractivity contribution in [2.24, 2.45) is 5.73 Å². The molecule has 2 rings (SSSR count). The maximum Gasteiger partial charge on any atom is 0.0785 e. The Morgan fingerprint density at radius 3 is 3.07 bits per heavy atom. The van der Waals surface area contributed by atoms with Crippen LogP contribution in [0.4, 0.5) is 0 Å². The summed E-state index contributed by atoms with van der Waals surface area (Å²) >= 11 is 1.73. The lowest BCUT2D eigenvalue weighted by Crippen LogP contribution is -2.11. The van der Waals surface area contributed by atoms with Crippen molar-refractivity contribution in [3.8, 4) is 10.6 Å². The van der Waals surface area contributed by atoms with Crippen LogP contribution < -0.4 is 5.73 Å². The maximum absolute atomic E-state index is 5.53. The highest BCUT2D eigenvalue weighted by Crippen LogP contribution is 2.25. The number of hydrogen-bond acceptors (Lipinski definition) is 3. The van der Waals surface area contributed by atoms with Crippen molar-refractivity contribution in [1.82, 2.24) is 9.78 Å². The molecule has 0 saturated heterocycles. The first kappa shape index (κ1) is 9.43. The molecule has 0 aliphatic rings. The smallest absolute Gasteiger partial charge is 0.0785 e. The van der Waals surface area contributed by atoms with Crippen molar-refractivity contribution in [3.63, 3.8) is 0 Å². The average Bonchev–Trinajstić information content (AvgIpc) is 2.74. The zero-order chi connectivity index (χ0) is 9.97. The van der Waals surface area contributed by atoms with Gasteiger partial charge < -0.3 is 5.73 Å². The second-order valence-corrected chi connectivity index (χ2v) is 4.11. The molecule has 0 aromatic carbocycles. The van der Waals surface area contributed by atoms with E-state index in [0.29, 0.717) is 6.54 Å². The van der Waals surface area contributed by atoms with Gasteiger partial charge in [-0.2, -0.15) is 5.10 Å². The van der Waals surface area contributed by atoms with Crippen LogP contribution in [0.3, 0.4) is 0 Å². The Morgan fingerprint density at radius 1 is 1.57 bits per heavy atom. The molecular formula is C10H13N3S. The van der Waals surface area contributed by atoms with Crippen LogP contribution in [0.15, 0.2) is 23.6 Å². The summed E-state index contributed by atoms with van der Waals surface area (Å²) in [5, 5.41) is 6.47. The van der Waals surface area contributed by atoms with Gasteiger partial charge in [0, 0.05) is 6.54 Å². The topological polar surface area (TPSA) is 43.8 Å². The first-order chi connectivity index (χ1) is 6.81. The Morgan fingerprint density at radius 2 is 2.43 bits per heavy atom. The van der Waals surface area contributed by atoms with E-state index in [1.54, 1.807) is 11.3 Å². The van der Waals surface area contributed by atoms with E-state index in [4.69, 9.17) is 5.73 Å². The fraction of sp³-hybridized carbons (Fsp3) is 0.300. The molecule has 74 valence electrons. The van der Waals surface area contributed by atoms with Crippen molar-refractivity contribution in [2.45, 2.75) is 13.5 Å². The van der Waals surface area contributed by atoms with E-state index in [1.165, 1.54) is 10.6 Å². The summed E-state index contributed by atoms with van der Waals surface area (Å²) in [4.78, 5) is 1.25. The van der Waals surface area contributed by atoms with Gasteiger partial charge in [-0.1, -0.05) is 6.07 Å². The van der Waals surface area contributed by atoms with Crippen molar-refractivity contribution < 1.29 is 0 Å². The van der Waals surface area contributed by atoms with Crippen LogP contribution in [-0.2, 0) is 6.54 Å². The van der Waals surface area contributed by atoms with Gasteiger partial charge in [-0.15, -0.1) is 11.3 Å². The first-order valence-corrected chi connectivity index (χ1v) is 5.47. The molecule has 0 saturated carbocycles. The van der Waals surface area contributed by atoms with E-state index in [1.807, 2.05) is 11.6 Å². The summed E-state index contributed by atoms with van der Waals surface area (Å²) in [6, 6.07) is 6.25. The van der Waals surface area contributed by atoms with Crippen molar-refractivity contribution in [2.75, 3.05) is 6.54 Å². The maximum atomic E-state index is 5.53. The molecule has 0 bridgehead atoms. The quantitative estimate of drug-likeness (QED) is 0.835. The molecule has 0 aliphatic carbocycles. The van der Waals surface area contributed by atoms with Crippen LogP contribution in [0.2, 0.25) is 0 Å². The van der Waals surface area contributed by atoms with Crippen LogP contribution in [-0.4, -0.2) is 16.3 Å². The van der Waals surface area contributed by atoms with Gasteiger partial charge >= 0.3 is 0 Å². The SMILES string of the molecule is Cc1cc(-c2cccs2)n(CCN)n1. The summed E-state index contributed by atoms with van der Waals surface area (Å²) in [6.45, 7) is 3.41. The van der Waals surface area contributed by atoms with Gasteiger partial charge in [0.1, 0.15) is 0 Å². The number of aromatic nitrogens is 2. The lowest BCUT2D eigenvalue weighted by Gasteiger charge is -2.02. The highest BCUT2D eigenvalue weighted by atomic mass is 32.1. The van der Waals surface area contributed by atoms with Crippen LogP contribution in [0, 0.1) is 6.92 Å². The fourth-order valence-corrected chi connectivity index (χ4v) is 2.21. The molecule has 0 atom stereocenters. The zero-order valence-corrected chi connectivity index (χ0v) is 8.92. The predicted octanol–water partition coefficient (Wildman–Crippen LogP) is 1.88. The Kier molecular flexibility index (Phi) is 2.65. The second kappa shape index (κ2) is 3.94. The number of thiophene rings is 1. The predicted molar refractivity (Wildman–Crippen MR) is 59.3 cm³/mol. The summed E-state index contributed by atoms with van der Waals surface area (Å²) < 4.78 is 1.97.